The number of rotatable bonds is 9. The van der Waals surface area contributed by atoms with Gasteiger partial charge in [0.2, 0.25) is 0 Å². The van der Waals surface area contributed by atoms with Crippen molar-refractivity contribution in [1.82, 2.24) is 0 Å². The molecule has 0 atom stereocenters. The van der Waals surface area contributed by atoms with Crippen LogP contribution in [0.2, 0.25) is 15.1 Å². The van der Waals surface area contributed by atoms with E-state index >= 15 is 0 Å². The first-order valence-electron chi connectivity index (χ1n) is 9.40. The number of anilines is 1. The quantitative estimate of drug-likeness (QED) is 0.360. The lowest BCUT2D eigenvalue weighted by molar-refractivity contribution is 0.269. The van der Waals surface area contributed by atoms with Crippen molar-refractivity contribution in [3.05, 3.63) is 80.8 Å². The molecule has 0 spiro atoms. The monoisotopic (exact) mass is 465 g/mol. The topological polar surface area (TPSA) is 39.7 Å². The Bertz CT molecular complexity index is 1010. The van der Waals surface area contributed by atoms with Gasteiger partial charge in [0.25, 0.3) is 0 Å². The van der Waals surface area contributed by atoms with E-state index in [9.17, 15) is 0 Å². The number of hydrogen-bond acceptors (Lipinski definition) is 4. The van der Waals surface area contributed by atoms with E-state index in [1.165, 1.54) is 0 Å². The van der Waals surface area contributed by atoms with E-state index in [0.717, 1.165) is 16.8 Å². The number of benzene rings is 3. The highest BCUT2D eigenvalue weighted by Gasteiger charge is 2.13. The van der Waals surface area contributed by atoms with Crippen LogP contribution in [0, 0.1) is 0 Å². The Kier molecular flexibility index (Phi) is 7.97. The lowest BCUT2D eigenvalue weighted by atomic mass is 10.2. The fourth-order valence-corrected chi connectivity index (χ4v) is 3.65. The van der Waals surface area contributed by atoms with E-state index < -0.39 is 0 Å². The second-order valence-corrected chi connectivity index (χ2v) is 7.71. The molecule has 0 saturated heterocycles. The first kappa shape index (κ1) is 22.4. The highest BCUT2D eigenvalue weighted by atomic mass is 35.5. The summed E-state index contributed by atoms with van der Waals surface area (Å²) in [6.45, 7) is 3.28. The number of methoxy groups -OCH3 is 1. The smallest absolute Gasteiger partial charge is 0.180 e. The van der Waals surface area contributed by atoms with E-state index in [-0.39, 0.29) is 0 Å². The lowest BCUT2D eigenvalue weighted by Crippen LogP contribution is -2.04. The van der Waals surface area contributed by atoms with Crippen LogP contribution in [0.4, 0.5) is 5.69 Å². The second kappa shape index (κ2) is 10.7. The lowest BCUT2D eigenvalue weighted by Gasteiger charge is -2.16. The summed E-state index contributed by atoms with van der Waals surface area (Å²) in [5.74, 6) is 1.73. The molecule has 0 aromatic heterocycles. The first-order chi connectivity index (χ1) is 14.5. The van der Waals surface area contributed by atoms with Gasteiger partial charge < -0.3 is 19.5 Å². The SMILES string of the molecule is CCOc1cc(CNc2ccc(OC)c(Cl)c2)cc(Cl)c1OCc1cccc(Cl)c1. The standard InChI is InChI=1S/C23H22Cl3NO3/c1-3-29-22-11-16(13-27-18-7-8-21(28-2)19(25)12-18)10-20(26)23(22)30-14-15-5-4-6-17(24)9-15/h4-12,27H,3,13-14H2,1-2H3. The fourth-order valence-electron chi connectivity index (χ4n) is 2.89. The van der Waals surface area contributed by atoms with Gasteiger partial charge in [0.05, 0.1) is 23.8 Å². The molecule has 0 aliphatic rings. The maximum absolute atomic E-state index is 6.52. The Labute approximate surface area is 191 Å². The zero-order valence-corrected chi connectivity index (χ0v) is 18.9. The zero-order valence-electron chi connectivity index (χ0n) is 16.7. The number of nitrogens with one attached hydrogen (secondary N) is 1. The summed E-state index contributed by atoms with van der Waals surface area (Å²) in [5, 5.41) is 5.00. The third kappa shape index (κ3) is 5.88. The molecule has 158 valence electrons. The van der Waals surface area contributed by atoms with Crippen LogP contribution in [0.3, 0.4) is 0 Å². The van der Waals surface area contributed by atoms with Crippen molar-refractivity contribution >= 4 is 40.5 Å². The average Bonchev–Trinajstić information content (AvgIpc) is 2.72. The predicted molar refractivity (Wildman–Crippen MR) is 124 cm³/mol. The number of halogens is 3. The maximum atomic E-state index is 6.52. The molecule has 30 heavy (non-hydrogen) atoms. The highest BCUT2D eigenvalue weighted by Crippen LogP contribution is 2.37. The van der Waals surface area contributed by atoms with Crippen LogP contribution in [0.1, 0.15) is 18.1 Å². The molecule has 0 bridgehead atoms. The minimum absolute atomic E-state index is 0.336. The molecule has 0 heterocycles. The molecular formula is C23H22Cl3NO3. The minimum Gasteiger partial charge on any atom is -0.495 e. The summed E-state index contributed by atoms with van der Waals surface area (Å²) in [6.07, 6.45) is 0. The van der Waals surface area contributed by atoms with Gasteiger partial charge in [-0.25, -0.2) is 0 Å². The van der Waals surface area contributed by atoms with Crippen molar-refractivity contribution in [2.75, 3.05) is 19.0 Å². The fraction of sp³-hybridized carbons (Fsp3) is 0.217. The Hall–Kier alpha value is -2.27. The third-order valence-corrected chi connectivity index (χ3v) is 5.10. The van der Waals surface area contributed by atoms with Crippen molar-refractivity contribution < 1.29 is 14.2 Å². The summed E-state index contributed by atoms with van der Waals surface area (Å²) in [6, 6.07) is 16.8. The predicted octanol–water partition coefficient (Wildman–Crippen LogP) is 7.25. The third-order valence-electron chi connectivity index (χ3n) is 4.29. The Morgan fingerprint density at radius 2 is 1.67 bits per heavy atom. The van der Waals surface area contributed by atoms with Gasteiger partial charge in [-0.15, -0.1) is 0 Å². The summed E-state index contributed by atoms with van der Waals surface area (Å²) in [7, 11) is 1.58. The molecule has 0 saturated carbocycles. The van der Waals surface area contributed by atoms with Crippen LogP contribution >= 0.6 is 34.8 Å². The summed E-state index contributed by atoms with van der Waals surface area (Å²) >= 11 is 18.7. The molecule has 7 heteroatoms. The molecule has 0 aliphatic heterocycles. The van der Waals surface area contributed by atoms with Crippen LogP contribution in [0.5, 0.6) is 17.2 Å². The zero-order chi connectivity index (χ0) is 21.5. The molecule has 0 aliphatic carbocycles. The first-order valence-corrected chi connectivity index (χ1v) is 10.5. The van der Waals surface area contributed by atoms with Gasteiger partial charge >= 0.3 is 0 Å². The van der Waals surface area contributed by atoms with Gasteiger partial charge in [-0.3, -0.25) is 0 Å². The van der Waals surface area contributed by atoms with Gasteiger partial charge in [0.15, 0.2) is 11.5 Å². The van der Waals surface area contributed by atoms with Gasteiger partial charge in [-0.2, -0.15) is 0 Å². The molecule has 3 aromatic rings. The molecule has 0 fully saturated rings. The van der Waals surface area contributed by atoms with Gasteiger partial charge in [-0.05, 0) is 60.5 Å². The van der Waals surface area contributed by atoms with Crippen molar-refractivity contribution in [3.63, 3.8) is 0 Å². The molecule has 1 N–H and O–H groups in total. The van der Waals surface area contributed by atoms with E-state index in [1.807, 2.05) is 61.5 Å². The van der Waals surface area contributed by atoms with Crippen molar-refractivity contribution in [1.29, 1.82) is 0 Å². The van der Waals surface area contributed by atoms with E-state index in [0.29, 0.717) is 52.1 Å². The second-order valence-electron chi connectivity index (χ2n) is 6.46. The van der Waals surface area contributed by atoms with Crippen LogP contribution < -0.4 is 19.5 Å². The molecule has 0 unspecified atom stereocenters. The van der Waals surface area contributed by atoms with Gasteiger partial charge in [0, 0.05) is 17.3 Å². The van der Waals surface area contributed by atoms with Crippen molar-refractivity contribution in [2.24, 2.45) is 0 Å². The largest absolute Gasteiger partial charge is 0.495 e. The molecule has 3 aromatic carbocycles. The Morgan fingerprint density at radius 3 is 2.37 bits per heavy atom. The van der Waals surface area contributed by atoms with Crippen LogP contribution in [0.15, 0.2) is 54.6 Å². The normalized spacial score (nSPS) is 10.6. The summed E-state index contributed by atoms with van der Waals surface area (Å²) < 4.78 is 16.9. The average molecular weight is 467 g/mol. The van der Waals surface area contributed by atoms with Gasteiger partial charge in [0.1, 0.15) is 12.4 Å². The van der Waals surface area contributed by atoms with Gasteiger partial charge in [-0.1, -0.05) is 46.9 Å². The molecule has 0 amide bonds. The maximum Gasteiger partial charge on any atom is 0.180 e. The molecular weight excluding hydrogens is 445 g/mol. The highest BCUT2D eigenvalue weighted by molar-refractivity contribution is 6.32. The molecule has 3 rings (SSSR count). The van der Waals surface area contributed by atoms with E-state index in [1.54, 1.807) is 7.11 Å². The van der Waals surface area contributed by atoms with Crippen LogP contribution in [-0.4, -0.2) is 13.7 Å². The van der Waals surface area contributed by atoms with E-state index in [2.05, 4.69) is 5.32 Å². The number of ether oxygens (including phenoxy) is 3. The molecule has 0 radical (unpaired) electrons. The van der Waals surface area contributed by atoms with E-state index in [4.69, 9.17) is 49.0 Å². The van der Waals surface area contributed by atoms with Crippen molar-refractivity contribution in [3.8, 4) is 17.2 Å². The minimum atomic E-state index is 0.336. The summed E-state index contributed by atoms with van der Waals surface area (Å²) in [5.41, 5.74) is 2.77. The Morgan fingerprint density at radius 1 is 0.833 bits per heavy atom. The van der Waals surface area contributed by atoms with Crippen LogP contribution in [0.25, 0.3) is 0 Å². The van der Waals surface area contributed by atoms with Crippen LogP contribution in [-0.2, 0) is 13.2 Å². The summed E-state index contributed by atoms with van der Waals surface area (Å²) in [4.78, 5) is 0. The number of hydrogen-bond donors (Lipinski definition) is 1. The Balaban J connectivity index is 1.74. The van der Waals surface area contributed by atoms with Crippen molar-refractivity contribution in [2.45, 2.75) is 20.1 Å². The molecule has 4 nitrogen and oxygen atoms in total.